The number of hydrogen-bond donors (Lipinski definition) is 2. The molecule has 0 aromatic heterocycles. The maximum absolute atomic E-state index is 12.0. The van der Waals surface area contributed by atoms with Crippen LogP contribution in [-0.2, 0) is 4.79 Å². The summed E-state index contributed by atoms with van der Waals surface area (Å²) in [5.74, 6) is 0.972. The summed E-state index contributed by atoms with van der Waals surface area (Å²) in [6.45, 7) is 6.90. The van der Waals surface area contributed by atoms with E-state index >= 15 is 0 Å². The third-order valence-electron chi connectivity index (χ3n) is 2.87. The van der Waals surface area contributed by atoms with E-state index in [4.69, 9.17) is 0 Å². The van der Waals surface area contributed by atoms with Crippen molar-refractivity contribution in [1.82, 2.24) is 10.6 Å². The summed E-state index contributed by atoms with van der Waals surface area (Å²) in [6, 6.07) is 5.59. The Kier molecular flexibility index (Phi) is 4.24. The van der Waals surface area contributed by atoms with Gasteiger partial charge in [0.2, 0.25) is 0 Å². The van der Waals surface area contributed by atoms with Crippen molar-refractivity contribution in [3.8, 4) is 0 Å². The molecule has 0 aliphatic carbocycles. The molecule has 1 aromatic carbocycles. The SMILES string of the molecule is Cc1ccc(C2NC(=NCC(C)C)NC2=O)c(Br)c1. The molecule has 0 radical (unpaired) electrons. The molecule has 2 N–H and O–H groups in total. The van der Waals surface area contributed by atoms with Crippen LogP contribution in [0.1, 0.15) is 31.0 Å². The van der Waals surface area contributed by atoms with Crippen molar-refractivity contribution < 1.29 is 4.79 Å². The van der Waals surface area contributed by atoms with Gasteiger partial charge < -0.3 is 5.32 Å². The number of halogens is 1. The molecule has 1 saturated heterocycles. The van der Waals surface area contributed by atoms with E-state index in [0.29, 0.717) is 18.4 Å². The molecule has 1 fully saturated rings. The van der Waals surface area contributed by atoms with E-state index in [9.17, 15) is 4.79 Å². The lowest BCUT2D eigenvalue weighted by Gasteiger charge is -2.11. The highest BCUT2D eigenvalue weighted by molar-refractivity contribution is 9.10. The summed E-state index contributed by atoms with van der Waals surface area (Å²) in [5.41, 5.74) is 2.08. The molecular formula is C14H18BrN3O. The van der Waals surface area contributed by atoms with Crippen molar-refractivity contribution in [3.63, 3.8) is 0 Å². The van der Waals surface area contributed by atoms with E-state index in [-0.39, 0.29) is 11.9 Å². The second kappa shape index (κ2) is 5.74. The number of aliphatic imine (C=N–C) groups is 1. The van der Waals surface area contributed by atoms with Gasteiger partial charge in [0.15, 0.2) is 5.96 Å². The zero-order valence-electron chi connectivity index (χ0n) is 11.3. The molecule has 1 aromatic rings. The van der Waals surface area contributed by atoms with Gasteiger partial charge in [-0.2, -0.15) is 0 Å². The van der Waals surface area contributed by atoms with Gasteiger partial charge in [-0.15, -0.1) is 0 Å². The van der Waals surface area contributed by atoms with Gasteiger partial charge in [-0.25, -0.2) is 0 Å². The van der Waals surface area contributed by atoms with Gasteiger partial charge in [0.25, 0.3) is 5.91 Å². The molecule has 2 rings (SSSR count). The molecule has 1 aliphatic rings. The quantitative estimate of drug-likeness (QED) is 0.898. The standard InChI is InChI=1S/C14H18BrN3O/c1-8(2)7-16-14-17-12(13(19)18-14)10-5-4-9(3)6-11(10)15/h4-6,8,12H,7H2,1-3H3,(H2,16,17,18,19). The molecule has 102 valence electrons. The van der Waals surface area contributed by atoms with Crippen molar-refractivity contribution in [2.45, 2.75) is 26.8 Å². The Bertz CT molecular complexity index is 525. The summed E-state index contributed by atoms with van der Waals surface area (Å²) in [4.78, 5) is 16.3. The van der Waals surface area contributed by atoms with Gasteiger partial charge >= 0.3 is 0 Å². The van der Waals surface area contributed by atoms with Crippen molar-refractivity contribution in [2.24, 2.45) is 10.9 Å². The molecule has 0 saturated carbocycles. The molecule has 1 unspecified atom stereocenters. The predicted molar refractivity (Wildman–Crippen MR) is 80.0 cm³/mol. The second-order valence-electron chi connectivity index (χ2n) is 5.17. The van der Waals surface area contributed by atoms with E-state index < -0.39 is 0 Å². The molecular weight excluding hydrogens is 306 g/mol. The fraction of sp³-hybridized carbons (Fsp3) is 0.429. The lowest BCUT2D eigenvalue weighted by atomic mass is 10.1. The minimum absolute atomic E-state index is 0.0629. The summed E-state index contributed by atoms with van der Waals surface area (Å²) in [5, 5.41) is 5.91. The van der Waals surface area contributed by atoms with Crippen LogP contribution in [0.15, 0.2) is 27.7 Å². The molecule has 1 amide bonds. The van der Waals surface area contributed by atoms with Crippen LogP contribution in [0.25, 0.3) is 0 Å². The van der Waals surface area contributed by atoms with Gasteiger partial charge in [0, 0.05) is 11.0 Å². The minimum Gasteiger partial charge on any atom is -0.340 e. The maximum Gasteiger partial charge on any atom is 0.253 e. The van der Waals surface area contributed by atoms with Crippen LogP contribution in [0.2, 0.25) is 0 Å². The van der Waals surface area contributed by atoms with Crippen molar-refractivity contribution >= 4 is 27.8 Å². The Morgan fingerprint density at radius 2 is 2.16 bits per heavy atom. The first-order chi connectivity index (χ1) is 8.97. The number of aryl methyl sites for hydroxylation is 1. The number of hydrogen-bond acceptors (Lipinski definition) is 2. The van der Waals surface area contributed by atoms with Crippen LogP contribution in [0.5, 0.6) is 0 Å². The van der Waals surface area contributed by atoms with Crippen LogP contribution < -0.4 is 10.6 Å². The highest BCUT2D eigenvalue weighted by Crippen LogP contribution is 2.26. The first-order valence-electron chi connectivity index (χ1n) is 6.35. The monoisotopic (exact) mass is 323 g/mol. The fourth-order valence-electron chi connectivity index (χ4n) is 1.87. The number of guanidine groups is 1. The average molecular weight is 324 g/mol. The average Bonchev–Trinajstić information content (AvgIpc) is 2.68. The van der Waals surface area contributed by atoms with Crippen molar-refractivity contribution in [1.29, 1.82) is 0 Å². The van der Waals surface area contributed by atoms with Gasteiger partial charge in [-0.05, 0) is 30.0 Å². The summed E-state index contributed by atoms with van der Waals surface area (Å²) >= 11 is 3.51. The Labute approximate surface area is 121 Å². The van der Waals surface area contributed by atoms with Crippen LogP contribution >= 0.6 is 15.9 Å². The molecule has 1 atom stereocenters. The number of benzene rings is 1. The van der Waals surface area contributed by atoms with Crippen LogP contribution in [-0.4, -0.2) is 18.4 Å². The number of nitrogens with zero attached hydrogens (tertiary/aromatic N) is 1. The Balaban J connectivity index is 2.18. The minimum atomic E-state index is -0.374. The molecule has 0 spiro atoms. The first-order valence-corrected chi connectivity index (χ1v) is 7.14. The zero-order chi connectivity index (χ0) is 14.0. The lowest BCUT2D eigenvalue weighted by Crippen LogP contribution is -2.26. The second-order valence-corrected chi connectivity index (χ2v) is 6.03. The normalized spacial score (nSPS) is 20.8. The summed E-state index contributed by atoms with van der Waals surface area (Å²) in [7, 11) is 0. The van der Waals surface area contributed by atoms with E-state index in [0.717, 1.165) is 15.6 Å². The van der Waals surface area contributed by atoms with Crippen molar-refractivity contribution in [3.05, 3.63) is 33.8 Å². The van der Waals surface area contributed by atoms with Crippen molar-refractivity contribution in [2.75, 3.05) is 6.54 Å². The van der Waals surface area contributed by atoms with E-state index in [2.05, 4.69) is 45.4 Å². The van der Waals surface area contributed by atoms with Gasteiger partial charge in [-0.1, -0.05) is 41.9 Å². The third-order valence-corrected chi connectivity index (χ3v) is 3.55. The predicted octanol–water partition coefficient (Wildman–Crippen LogP) is 2.53. The fourth-order valence-corrected chi connectivity index (χ4v) is 2.59. The number of carbonyl (C=O) groups excluding carboxylic acids is 1. The first kappa shape index (κ1) is 14.1. The molecule has 5 heteroatoms. The Hall–Kier alpha value is -1.36. The van der Waals surface area contributed by atoms with E-state index in [1.165, 1.54) is 0 Å². The highest BCUT2D eigenvalue weighted by atomic mass is 79.9. The number of rotatable bonds is 3. The van der Waals surface area contributed by atoms with Gasteiger partial charge in [-0.3, -0.25) is 15.1 Å². The number of amides is 1. The molecule has 1 heterocycles. The van der Waals surface area contributed by atoms with Gasteiger partial charge in [0.1, 0.15) is 6.04 Å². The Morgan fingerprint density at radius 1 is 1.42 bits per heavy atom. The topological polar surface area (TPSA) is 53.5 Å². The maximum atomic E-state index is 12.0. The summed E-state index contributed by atoms with van der Waals surface area (Å²) in [6.07, 6.45) is 0. The van der Waals surface area contributed by atoms with E-state index in [1.54, 1.807) is 0 Å². The number of nitrogens with one attached hydrogen (secondary N) is 2. The van der Waals surface area contributed by atoms with Gasteiger partial charge in [0.05, 0.1) is 0 Å². The van der Waals surface area contributed by atoms with Crippen LogP contribution in [0.4, 0.5) is 0 Å². The Morgan fingerprint density at radius 3 is 2.79 bits per heavy atom. The highest BCUT2D eigenvalue weighted by Gasteiger charge is 2.30. The largest absolute Gasteiger partial charge is 0.340 e. The zero-order valence-corrected chi connectivity index (χ0v) is 12.9. The molecule has 1 aliphatic heterocycles. The smallest absolute Gasteiger partial charge is 0.253 e. The number of carbonyl (C=O) groups is 1. The third kappa shape index (κ3) is 3.35. The summed E-state index contributed by atoms with van der Waals surface area (Å²) < 4.78 is 0.935. The molecule has 4 nitrogen and oxygen atoms in total. The molecule has 0 bridgehead atoms. The van der Waals surface area contributed by atoms with Crippen LogP contribution in [0.3, 0.4) is 0 Å². The lowest BCUT2D eigenvalue weighted by molar-refractivity contribution is -0.120. The van der Waals surface area contributed by atoms with Crippen LogP contribution in [0, 0.1) is 12.8 Å². The van der Waals surface area contributed by atoms with E-state index in [1.807, 2.05) is 25.1 Å². The molecule has 19 heavy (non-hydrogen) atoms.